The van der Waals surface area contributed by atoms with Crippen molar-refractivity contribution in [2.45, 2.75) is 19.4 Å². The van der Waals surface area contributed by atoms with Gasteiger partial charge in [0.25, 0.3) is 5.91 Å². The molecule has 1 aromatic carbocycles. The fourth-order valence-electron chi connectivity index (χ4n) is 4.08. The van der Waals surface area contributed by atoms with E-state index in [-0.39, 0.29) is 5.91 Å². The standard InChI is InChI=1S/C23H27N7O2/c1-28-10-12-29(13-11-28)17-7-8-20-18(15-17)23(31)26-21-6-4-5-19(25-21)22-27-24-16-30(22)9-2-3-14-32-20/h4-8,15-16H,2-3,9-14H2,1H3,(H,25,26,31). The number of amides is 1. The molecular formula is C23H27N7O2. The highest BCUT2D eigenvalue weighted by Gasteiger charge is 2.20. The molecule has 1 amide bonds. The molecule has 4 heterocycles. The van der Waals surface area contributed by atoms with Gasteiger partial charge in [0.1, 0.15) is 23.6 Å². The van der Waals surface area contributed by atoms with E-state index in [4.69, 9.17) is 4.74 Å². The maximum absolute atomic E-state index is 13.3. The second-order valence-electron chi connectivity index (χ2n) is 8.24. The topological polar surface area (TPSA) is 88.4 Å². The normalized spacial score (nSPS) is 17.5. The van der Waals surface area contributed by atoms with Crippen LogP contribution in [0.2, 0.25) is 0 Å². The molecule has 32 heavy (non-hydrogen) atoms. The van der Waals surface area contributed by atoms with Crippen molar-refractivity contribution < 1.29 is 9.53 Å². The first kappa shape index (κ1) is 20.4. The number of carbonyl (C=O) groups is 1. The summed E-state index contributed by atoms with van der Waals surface area (Å²) >= 11 is 0. The monoisotopic (exact) mass is 433 g/mol. The van der Waals surface area contributed by atoms with Crippen LogP contribution in [0.25, 0.3) is 11.5 Å². The van der Waals surface area contributed by atoms with E-state index >= 15 is 0 Å². The zero-order valence-electron chi connectivity index (χ0n) is 18.2. The largest absolute Gasteiger partial charge is 0.493 e. The number of aromatic nitrogens is 4. The Hall–Kier alpha value is -3.46. The zero-order chi connectivity index (χ0) is 21.9. The Kier molecular flexibility index (Phi) is 5.72. The lowest BCUT2D eigenvalue weighted by Crippen LogP contribution is -2.44. The predicted molar refractivity (Wildman–Crippen MR) is 122 cm³/mol. The summed E-state index contributed by atoms with van der Waals surface area (Å²) in [5.41, 5.74) is 2.24. The number of hydrogen-bond acceptors (Lipinski definition) is 7. The molecule has 0 spiro atoms. The first-order valence-electron chi connectivity index (χ1n) is 11.0. The molecule has 5 rings (SSSR count). The summed E-state index contributed by atoms with van der Waals surface area (Å²) < 4.78 is 8.02. The molecule has 2 aliphatic rings. The summed E-state index contributed by atoms with van der Waals surface area (Å²) in [4.78, 5) is 22.5. The number of likely N-dealkylation sites (N-methyl/N-ethyl adjacent to an activating group) is 1. The maximum atomic E-state index is 13.3. The number of piperazine rings is 1. The number of carbonyl (C=O) groups excluding carboxylic acids is 1. The van der Waals surface area contributed by atoms with Gasteiger partial charge in [0.05, 0.1) is 12.2 Å². The Labute approximate surface area is 187 Å². The summed E-state index contributed by atoms with van der Waals surface area (Å²) in [6, 6.07) is 11.4. The third-order valence-electron chi connectivity index (χ3n) is 5.96. The van der Waals surface area contributed by atoms with Crippen LogP contribution in [0, 0.1) is 0 Å². The molecule has 166 valence electrons. The Bertz CT molecular complexity index is 1110. The number of ether oxygens (including phenoxy) is 1. The summed E-state index contributed by atoms with van der Waals surface area (Å²) in [6.07, 6.45) is 3.47. The lowest BCUT2D eigenvalue weighted by atomic mass is 10.1. The zero-order valence-corrected chi connectivity index (χ0v) is 18.2. The number of pyridine rings is 1. The van der Waals surface area contributed by atoms with Crippen molar-refractivity contribution in [3.8, 4) is 17.3 Å². The van der Waals surface area contributed by atoms with E-state index in [1.54, 1.807) is 12.4 Å². The van der Waals surface area contributed by atoms with Gasteiger partial charge < -0.3 is 24.4 Å². The average molecular weight is 434 g/mol. The fraction of sp³-hybridized carbons (Fsp3) is 0.391. The summed E-state index contributed by atoms with van der Waals surface area (Å²) in [5.74, 6) is 1.52. The molecule has 0 atom stereocenters. The van der Waals surface area contributed by atoms with Crippen LogP contribution in [0.15, 0.2) is 42.7 Å². The van der Waals surface area contributed by atoms with E-state index in [0.717, 1.165) is 51.3 Å². The first-order valence-corrected chi connectivity index (χ1v) is 11.0. The van der Waals surface area contributed by atoms with E-state index in [1.165, 1.54) is 0 Å². The van der Waals surface area contributed by atoms with Gasteiger partial charge in [-0.05, 0) is 50.2 Å². The maximum Gasteiger partial charge on any atom is 0.260 e. The van der Waals surface area contributed by atoms with Crippen molar-refractivity contribution in [3.63, 3.8) is 0 Å². The van der Waals surface area contributed by atoms with Gasteiger partial charge in [0.2, 0.25) is 0 Å². The lowest BCUT2D eigenvalue weighted by molar-refractivity contribution is 0.102. The van der Waals surface area contributed by atoms with Gasteiger partial charge in [-0.2, -0.15) is 0 Å². The fourth-order valence-corrected chi connectivity index (χ4v) is 4.08. The van der Waals surface area contributed by atoms with Gasteiger partial charge in [0, 0.05) is 38.4 Å². The molecule has 1 fully saturated rings. The van der Waals surface area contributed by atoms with Crippen molar-refractivity contribution in [2.75, 3.05) is 50.1 Å². The molecule has 2 aliphatic heterocycles. The van der Waals surface area contributed by atoms with Crippen LogP contribution in [0.3, 0.4) is 0 Å². The van der Waals surface area contributed by atoms with Crippen LogP contribution in [-0.2, 0) is 6.54 Å². The lowest BCUT2D eigenvalue weighted by Gasteiger charge is -2.34. The van der Waals surface area contributed by atoms with Crippen molar-refractivity contribution in [1.29, 1.82) is 0 Å². The number of nitrogens with one attached hydrogen (secondary N) is 1. The van der Waals surface area contributed by atoms with Gasteiger partial charge >= 0.3 is 0 Å². The van der Waals surface area contributed by atoms with Crippen LogP contribution >= 0.6 is 0 Å². The predicted octanol–water partition coefficient (Wildman–Crippen LogP) is 2.52. The van der Waals surface area contributed by atoms with E-state index in [2.05, 4.69) is 37.3 Å². The van der Waals surface area contributed by atoms with E-state index in [0.29, 0.717) is 35.3 Å². The number of rotatable bonds is 1. The minimum absolute atomic E-state index is 0.237. The molecule has 9 heteroatoms. The number of hydrogen-bond donors (Lipinski definition) is 1. The Morgan fingerprint density at radius 2 is 1.91 bits per heavy atom. The van der Waals surface area contributed by atoms with Crippen LogP contribution in [0.4, 0.5) is 11.5 Å². The van der Waals surface area contributed by atoms with Crippen molar-refractivity contribution in [1.82, 2.24) is 24.6 Å². The Morgan fingerprint density at radius 3 is 2.78 bits per heavy atom. The molecule has 9 nitrogen and oxygen atoms in total. The van der Waals surface area contributed by atoms with Crippen LogP contribution < -0.4 is 15.0 Å². The van der Waals surface area contributed by atoms with Gasteiger partial charge in [-0.1, -0.05) is 6.07 Å². The molecule has 1 N–H and O–H groups in total. The van der Waals surface area contributed by atoms with Gasteiger partial charge in [0.15, 0.2) is 5.82 Å². The van der Waals surface area contributed by atoms with Crippen LogP contribution in [0.1, 0.15) is 23.2 Å². The number of nitrogens with zero attached hydrogens (tertiary/aromatic N) is 6. The quantitative estimate of drug-likeness (QED) is 0.631. The second-order valence-corrected chi connectivity index (χ2v) is 8.24. The summed E-state index contributed by atoms with van der Waals surface area (Å²) in [7, 11) is 2.13. The van der Waals surface area contributed by atoms with Crippen molar-refractivity contribution >= 4 is 17.4 Å². The van der Waals surface area contributed by atoms with Gasteiger partial charge in [-0.15, -0.1) is 10.2 Å². The highest BCUT2D eigenvalue weighted by Crippen LogP contribution is 2.28. The average Bonchev–Trinajstić information content (AvgIpc) is 3.28. The highest BCUT2D eigenvalue weighted by atomic mass is 16.5. The molecule has 2 bridgehead atoms. The third-order valence-corrected chi connectivity index (χ3v) is 5.96. The number of aryl methyl sites for hydroxylation is 1. The molecule has 0 radical (unpaired) electrons. The summed E-state index contributed by atoms with van der Waals surface area (Å²) in [5, 5.41) is 11.2. The SMILES string of the molecule is CN1CCN(c2ccc3c(c2)C(=O)Nc2cccc(n2)-c2nncn2CCCCO3)CC1. The van der Waals surface area contributed by atoms with E-state index in [1.807, 2.05) is 34.9 Å². The van der Waals surface area contributed by atoms with E-state index in [9.17, 15) is 4.79 Å². The smallest absolute Gasteiger partial charge is 0.260 e. The van der Waals surface area contributed by atoms with Crippen LogP contribution in [-0.4, -0.2) is 70.4 Å². The molecule has 2 aromatic heterocycles. The molecule has 0 aliphatic carbocycles. The highest BCUT2D eigenvalue weighted by molar-refractivity contribution is 6.06. The number of fused-ring (bicyclic) bond motifs is 5. The van der Waals surface area contributed by atoms with Gasteiger partial charge in [-0.25, -0.2) is 4.98 Å². The number of anilines is 2. The Balaban J connectivity index is 1.47. The molecule has 1 saturated heterocycles. The molecule has 0 saturated carbocycles. The Morgan fingerprint density at radius 1 is 1.03 bits per heavy atom. The third kappa shape index (κ3) is 4.29. The minimum atomic E-state index is -0.237. The minimum Gasteiger partial charge on any atom is -0.493 e. The van der Waals surface area contributed by atoms with Crippen LogP contribution in [0.5, 0.6) is 5.75 Å². The summed E-state index contributed by atoms with van der Waals surface area (Å²) in [6.45, 7) is 5.18. The first-order chi connectivity index (χ1) is 15.7. The van der Waals surface area contributed by atoms with E-state index < -0.39 is 0 Å². The van der Waals surface area contributed by atoms with Crippen molar-refractivity contribution in [3.05, 3.63) is 48.3 Å². The molecule has 3 aromatic rings. The van der Waals surface area contributed by atoms with Gasteiger partial charge in [-0.3, -0.25) is 4.79 Å². The molecular weight excluding hydrogens is 406 g/mol. The number of benzene rings is 1. The molecule has 0 unspecified atom stereocenters. The van der Waals surface area contributed by atoms with Crippen molar-refractivity contribution in [2.24, 2.45) is 0 Å². The second kappa shape index (κ2) is 8.96.